The summed E-state index contributed by atoms with van der Waals surface area (Å²) in [5.41, 5.74) is 0.0647. The number of benzene rings is 1. The molecule has 0 aliphatic heterocycles. The summed E-state index contributed by atoms with van der Waals surface area (Å²) in [6.07, 6.45) is 1.13. The van der Waals surface area contributed by atoms with Crippen LogP contribution in [0.4, 0.5) is 11.4 Å². The Labute approximate surface area is 102 Å². The number of nitriles is 1. The molecule has 0 aliphatic rings. The molecular formula is C11H9N3O4. The van der Waals surface area contributed by atoms with E-state index in [1.165, 1.54) is 18.2 Å². The summed E-state index contributed by atoms with van der Waals surface area (Å²) in [4.78, 5) is 21.1. The number of nitrogens with zero attached hydrogens (tertiary/aromatic N) is 2. The molecule has 1 aromatic rings. The Bertz CT molecular complexity index is 545. The second-order valence-electron chi connectivity index (χ2n) is 3.11. The number of nitro benzene ring substituents is 1. The lowest BCUT2D eigenvalue weighted by Gasteiger charge is -2.01. The molecular weight excluding hydrogens is 238 g/mol. The number of carbonyl (C=O) groups is 1. The summed E-state index contributed by atoms with van der Waals surface area (Å²) >= 11 is 0. The molecule has 0 bridgehead atoms. The van der Waals surface area contributed by atoms with E-state index in [0.717, 1.165) is 13.3 Å². The number of hydrogen-bond donors (Lipinski definition) is 1. The molecule has 0 radical (unpaired) electrons. The standard InChI is InChI=1S/C11H9N3O4/c1-18-11(15)8(6-12)7-13-9-3-2-4-10(5-9)14(16)17/h2-5,7,13H,1H3/b8-7-. The largest absolute Gasteiger partial charge is 0.465 e. The molecule has 0 atom stereocenters. The zero-order valence-electron chi connectivity index (χ0n) is 9.41. The summed E-state index contributed by atoms with van der Waals surface area (Å²) in [6.45, 7) is 0. The molecule has 0 saturated carbocycles. The lowest BCUT2D eigenvalue weighted by Crippen LogP contribution is -2.05. The van der Waals surface area contributed by atoms with Crippen LogP contribution in [-0.2, 0) is 9.53 Å². The second kappa shape index (κ2) is 6.00. The number of rotatable bonds is 4. The molecule has 0 aromatic heterocycles. The zero-order chi connectivity index (χ0) is 13.5. The SMILES string of the molecule is COC(=O)/C(C#N)=C\Nc1cccc([N+](=O)[O-])c1. The van der Waals surface area contributed by atoms with E-state index in [1.807, 2.05) is 0 Å². The normalized spacial score (nSPS) is 10.3. The van der Waals surface area contributed by atoms with Gasteiger partial charge in [0.1, 0.15) is 6.07 Å². The summed E-state index contributed by atoms with van der Waals surface area (Å²) in [5, 5.41) is 21.8. The fourth-order valence-corrected chi connectivity index (χ4v) is 1.11. The Kier molecular flexibility index (Phi) is 4.40. The molecule has 1 rings (SSSR count). The summed E-state index contributed by atoms with van der Waals surface area (Å²) in [6, 6.07) is 7.31. The number of carbonyl (C=O) groups excluding carboxylic acids is 1. The van der Waals surface area contributed by atoms with Crippen molar-refractivity contribution in [1.82, 2.24) is 0 Å². The van der Waals surface area contributed by atoms with Crippen LogP contribution in [0.3, 0.4) is 0 Å². The number of hydrogen-bond acceptors (Lipinski definition) is 6. The summed E-state index contributed by atoms with van der Waals surface area (Å²) in [5.74, 6) is -0.782. The third-order valence-electron chi connectivity index (χ3n) is 1.97. The topological polar surface area (TPSA) is 105 Å². The Hall–Kier alpha value is -2.88. The average molecular weight is 247 g/mol. The van der Waals surface area contributed by atoms with Crippen molar-refractivity contribution >= 4 is 17.3 Å². The van der Waals surface area contributed by atoms with Crippen molar-refractivity contribution in [3.63, 3.8) is 0 Å². The van der Waals surface area contributed by atoms with Gasteiger partial charge in [0.25, 0.3) is 5.69 Å². The lowest BCUT2D eigenvalue weighted by atomic mass is 10.2. The molecule has 1 N–H and O–H groups in total. The van der Waals surface area contributed by atoms with E-state index < -0.39 is 10.9 Å². The fraction of sp³-hybridized carbons (Fsp3) is 0.0909. The van der Waals surface area contributed by atoms with Crippen LogP contribution in [0.25, 0.3) is 0 Å². The highest BCUT2D eigenvalue weighted by atomic mass is 16.6. The van der Waals surface area contributed by atoms with Gasteiger partial charge in [-0.2, -0.15) is 5.26 Å². The molecule has 0 unspecified atom stereocenters. The first-order valence-electron chi connectivity index (χ1n) is 4.78. The van der Waals surface area contributed by atoms with Gasteiger partial charge in [-0.3, -0.25) is 10.1 Å². The van der Waals surface area contributed by atoms with Crippen LogP contribution in [-0.4, -0.2) is 18.0 Å². The van der Waals surface area contributed by atoms with Gasteiger partial charge in [-0.15, -0.1) is 0 Å². The summed E-state index contributed by atoms with van der Waals surface area (Å²) < 4.78 is 4.38. The van der Waals surface area contributed by atoms with Crippen LogP contribution in [0, 0.1) is 21.4 Å². The molecule has 0 amide bonds. The number of nitro groups is 1. The number of non-ortho nitro benzene ring substituents is 1. The van der Waals surface area contributed by atoms with Crippen molar-refractivity contribution < 1.29 is 14.5 Å². The zero-order valence-corrected chi connectivity index (χ0v) is 9.41. The first-order chi connectivity index (χ1) is 8.58. The van der Waals surface area contributed by atoms with E-state index in [9.17, 15) is 14.9 Å². The molecule has 0 fully saturated rings. The maximum atomic E-state index is 11.1. The predicted molar refractivity (Wildman–Crippen MR) is 62.4 cm³/mol. The Morgan fingerprint density at radius 1 is 1.61 bits per heavy atom. The van der Waals surface area contributed by atoms with Crippen molar-refractivity contribution in [2.75, 3.05) is 12.4 Å². The highest BCUT2D eigenvalue weighted by Crippen LogP contribution is 2.17. The molecule has 1 aromatic carbocycles. The van der Waals surface area contributed by atoms with E-state index in [2.05, 4.69) is 10.1 Å². The molecule has 0 saturated heterocycles. The van der Waals surface area contributed by atoms with Gasteiger partial charge in [-0.05, 0) is 6.07 Å². The minimum absolute atomic E-state index is 0.0926. The molecule has 7 heteroatoms. The van der Waals surface area contributed by atoms with Gasteiger partial charge in [0.2, 0.25) is 0 Å². The Balaban J connectivity index is 2.89. The lowest BCUT2D eigenvalue weighted by molar-refractivity contribution is -0.384. The van der Waals surface area contributed by atoms with Crippen LogP contribution in [0.1, 0.15) is 0 Å². The second-order valence-corrected chi connectivity index (χ2v) is 3.11. The Morgan fingerprint density at radius 2 is 2.33 bits per heavy atom. The number of esters is 1. The fourth-order valence-electron chi connectivity index (χ4n) is 1.11. The third-order valence-corrected chi connectivity index (χ3v) is 1.97. The van der Waals surface area contributed by atoms with Gasteiger partial charge < -0.3 is 10.1 Å². The van der Waals surface area contributed by atoms with Gasteiger partial charge in [-0.1, -0.05) is 6.07 Å². The van der Waals surface area contributed by atoms with Crippen molar-refractivity contribution in [2.24, 2.45) is 0 Å². The van der Waals surface area contributed by atoms with Crippen LogP contribution >= 0.6 is 0 Å². The van der Waals surface area contributed by atoms with Gasteiger partial charge >= 0.3 is 5.97 Å². The van der Waals surface area contributed by atoms with Crippen molar-refractivity contribution in [2.45, 2.75) is 0 Å². The first-order valence-corrected chi connectivity index (χ1v) is 4.78. The highest BCUT2D eigenvalue weighted by Gasteiger charge is 2.09. The molecule has 7 nitrogen and oxygen atoms in total. The van der Waals surface area contributed by atoms with E-state index in [-0.39, 0.29) is 11.3 Å². The third kappa shape index (κ3) is 3.31. The first kappa shape index (κ1) is 13.2. The van der Waals surface area contributed by atoms with Gasteiger partial charge in [0.05, 0.1) is 12.0 Å². The molecule has 0 heterocycles. The predicted octanol–water partition coefficient (Wildman–Crippen LogP) is 1.59. The van der Waals surface area contributed by atoms with E-state index >= 15 is 0 Å². The van der Waals surface area contributed by atoms with Crippen molar-refractivity contribution in [1.29, 1.82) is 5.26 Å². The molecule has 0 aliphatic carbocycles. The van der Waals surface area contributed by atoms with Crippen LogP contribution in [0.5, 0.6) is 0 Å². The number of anilines is 1. The molecule has 92 valence electrons. The van der Waals surface area contributed by atoms with Crippen molar-refractivity contribution in [3.8, 4) is 6.07 Å². The van der Waals surface area contributed by atoms with E-state index in [0.29, 0.717) is 5.69 Å². The van der Waals surface area contributed by atoms with E-state index in [4.69, 9.17) is 5.26 Å². The van der Waals surface area contributed by atoms with Gasteiger partial charge in [0.15, 0.2) is 5.57 Å². The van der Waals surface area contributed by atoms with Crippen molar-refractivity contribution in [3.05, 3.63) is 46.2 Å². The van der Waals surface area contributed by atoms with Gasteiger partial charge in [0, 0.05) is 24.0 Å². The number of methoxy groups -OCH3 is 1. The summed E-state index contributed by atoms with van der Waals surface area (Å²) in [7, 11) is 1.15. The number of nitrogens with one attached hydrogen (secondary N) is 1. The minimum atomic E-state index is -0.782. The van der Waals surface area contributed by atoms with Crippen LogP contribution < -0.4 is 5.32 Å². The average Bonchev–Trinajstić information content (AvgIpc) is 2.39. The number of ether oxygens (including phenoxy) is 1. The molecule has 18 heavy (non-hydrogen) atoms. The quantitative estimate of drug-likeness (QED) is 0.285. The molecule has 0 spiro atoms. The maximum Gasteiger partial charge on any atom is 0.350 e. The maximum absolute atomic E-state index is 11.1. The van der Waals surface area contributed by atoms with E-state index in [1.54, 1.807) is 12.1 Å². The Morgan fingerprint density at radius 3 is 2.89 bits per heavy atom. The smallest absolute Gasteiger partial charge is 0.350 e. The van der Waals surface area contributed by atoms with Gasteiger partial charge in [-0.25, -0.2) is 4.79 Å². The highest BCUT2D eigenvalue weighted by molar-refractivity contribution is 5.93. The van der Waals surface area contributed by atoms with Crippen LogP contribution in [0.15, 0.2) is 36.0 Å². The monoisotopic (exact) mass is 247 g/mol. The minimum Gasteiger partial charge on any atom is -0.465 e. The van der Waals surface area contributed by atoms with Crippen LogP contribution in [0.2, 0.25) is 0 Å².